The number of halogens is 1. The average molecular weight is 441 g/mol. The highest BCUT2D eigenvalue weighted by atomic mass is 32.2. The van der Waals surface area contributed by atoms with Crippen LogP contribution in [0.2, 0.25) is 0 Å². The average Bonchev–Trinajstić information content (AvgIpc) is 3.02. The molecule has 158 valence electrons. The summed E-state index contributed by atoms with van der Waals surface area (Å²) in [5, 5.41) is 10.7. The van der Waals surface area contributed by atoms with Gasteiger partial charge in [-0.3, -0.25) is 0 Å². The third-order valence-electron chi connectivity index (χ3n) is 4.59. The van der Waals surface area contributed by atoms with Crippen molar-refractivity contribution in [3.8, 4) is 5.75 Å². The van der Waals surface area contributed by atoms with Gasteiger partial charge in [0.15, 0.2) is 0 Å². The molecule has 0 aliphatic carbocycles. The summed E-state index contributed by atoms with van der Waals surface area (Å²) in [7, 11) is -3.51. The molecule has 1 aliphatic rings. The lowest BCUT2D eigenvalue weighted by atomic mass is 10.2. The molecule has 0 bridgehead atoms. The third-order valence-corrected chi connectivity index (χ3v) is 7.56. The van der Waals surface area contributed by atoms with Gasteiger partial charge in [-0.15, -0.1) is 11.8 Å². The predicted octanol–water partition coefficient (Wildman–Crippen LogP) is 3.32. The van der Waals surface area contributed by atoms with E-state index in [9.17, 15) is 17.9 Å². The Hall–Kier alpha value is -1.68. The van der Waals surface area contributed by atoms with E-state index < -0.39 is 16.1 Å². The SMILES string of the molecule is O=S(=O)(c1ccc(SCC(O)COc2ccc(F)cc2)nc1)N1CCCCCC1. The van der Waals surface area contributed by atoms with Gasteiger partial charge in [-0.2, -0.15) is 4.31 Å². The van der Waals surface area contributed by atoms with E-state index in [0.717, 1.165) is 25.7 Å². The third kappa shape index (κ3) is 6.40. The van der Waals surface area contributed by atoms with Crippen molar-refractivity contribution < 1.29 is 22.7 Å². The Bertz CT molecular complexity index is 868. The van der Waals surface area contributed by atoms with Crippen molar-refractivity contribution in [1.29, 1.82) is 0 Å². The zero-order valence-electron chi connectivity index (χ0n) is 16.0. The van der Waals surface area contributed by atoms with Crippen molar-refractivity contribution in [2.24, 2.45) is 0 Å². The van der Waals surface area contributed by atoms with Crippen molar-refractivity contribution in [3.05, 3.63) is 48.4 Å². The zero-order chi connectivity index (χ0) is 20.7. The van der Waals surface area contributed by atoms with Crippen molar-refractivity contribution in [1.82, 2.24) is 9.29 Å². The van der Waals surface area contributed by atoms with E-state index in [1.165, 1.54) is 42.2 Å². The van der Waals surface area contributed by atoms with E-state index in [-0.39, 0.29) is 17.3 Å². The quantitative estimate of drug-likeness (QED) is 0.635. The van der Waals surface area contributed by atoms with E-state index in [2.05, 4.69) is 4.98 Å². The second kappa shape index (κ2) is 10.4. The Morgan fingerprint density at radius 2 is 1.79 bits per heavy atom. The maximum atomic E-state index is 12.9. The summed E-state index contributed by atoms with van der Waals surface area (Å²) in [6.45, 7) is 1.18. The number of aliphatic hydroxyl groups is 1. The molecule has 6 nitrogen and oxygen atoms in total. The molecular weight excluding hydrogens is 415 g/mol. The Balaban J connectivity index is 1.50. The number of rotatable bonds is 8. The predicted molar refractivity (Wildman–Crippen MR) is 110 cm³/mol. The van der Waals surface area contributed by atoms with Gasteiger partial charge >= 0.3 is 0 Å². The maximum Gasteiger partial charge on any atom is 0.244 e. The van der Waals surface area contributed by atoms with Crippen LogP contribution in [-0.4, -0.2) is 54.4 Å². The smallest absolute Gasteiger partial charge is 0.244 e. The molecule has 1 atom stereocenters. The fourth-order valence-electron chi connectivity index (χ4n) is 2.99. The number of ether oxygens (including phenoxy) is 1. The van der Waals surface area contributed by atoms with Gasteiger partial charge in [-0.25, -0.2) is 17.8 Å². The second-order valence-electron chi connectivity index (χ2n) is 6.88. The molecular formula is C20H25FN2O4S2. The van der Waals surface area contributed by atoms with E-state index in [1.54, 1.807) is 16.4 Å². The molecule has 3 rings (SSSR count). The lowest BCUT2D eigenvalue weighted by Crippen LogP contribution is -2.32. The maximum absolute atomic E-state index is 12.9. The number of pyridine rings is 1. The monoisotopic (exact) mass is 440 g/mol. The Labute approximate surface area is 175 Å². The molecule has 1 aliphatic heterocycles. The normalized spacial score (nSPS) is 16.9. The number of hydrogen-bond acceptors (Lipinski definition) is 6. The van der Waals surface area contributed by atoms with Gasteiger partial charge in [-0.05, 0) is 49.2 Å². The van der Waals surface area contributed by atoms with Gasteiger partial charge in [0.2, 0.25) is 10.0 Å². The summed E-state index contributed by atoms with van der Waals surface area (Å²) in [5.41, 5.74) is 0. The summed E-state index contributed by atoms with van der Waals surface area (Å²) in [5.74, 6) is 0.476. The molecule has 9 heteroatoms. The van der Waals surface area contributed by atoms with Crippen molar-refractivity contribution in [3.63, 3.8) is 0 Å². The minimum Gasteiger partial charge on any atom is -0.491 e. The van der Waals surface area contributed by atoms with Crippen LogP contribution in [0.5, 0.6) is 5.75 Å². The molecule has 0 spiro atoms. The first-order valence-electron chi connectivity index (χ1n) is 9.60. The van der Waals surface area contributed by atoms with Crippen LogP contribution in [0.1, 0.15) is 25.7 Å². The van der Waals surface area contributed by atoms with Gasteiger partial charge < -0.3 is 9.84 Å². The Morgan fingerprint density at radius 3 is 2.41 bits per heavy atom. The van der Waals surface area contributed by atoms with Gasteiger partial charge in [0.1, 0.15) is 23.1 Å². The van der Waals surface area contributed by atoms with Crippen LogP contribution in [0.15, 0.2) is 52.5 Å². The number of sulfonamides is 1. The van der Waals surface area contributed by atoms with Gasteiger partial charge in [0.05, 0.1) is 11.1 Å². The van der Waals surface area contributed by atoms with Crippen LogP contribution < -0.4 is 4.74 Å². The summed E-state index contributed by atoms with van der Waals surface area (Å²) < 4.78 is 45.3. The van der Waals surface area contributed by atoms with Crippen molar-refractivity contribution in [2.45, 2.75) is 41.7 Å². The molecule has 0 amide bonds. The fraction of sp³-hybridized carbons (Fsp3) is 0.450. The molecule has 1 aromatic carbocycles. The highest BCUT2D eigenvalue weighted by Gasteiger charge is 2.25. The van der Waals surface area contributed by atoms with Gasteiger partial charge in [-0.1, -0.05) is 12.8 Å². The fourth-order valence-corrected chi connectivity index (χ4v) is 5.20. The van der Waals surface area contributed by atoms with Crippen molar-refractivity contribution in [2.75, 3.05) is 25.4 Å². The summed E-state index contributed by atoms with van der Waals surface area (Å²) in [6, 6.07) is 8.81. The Kier molecular flexibility index (Phi) is 7.88. The highest BCUT2D eigenvalue weighted by Crippen LogP contribution is 2.23. The molecule has 2 heterocycles. The molecule has 1 fully saturated rings. The molecule has 0 saturated carbocycles. The number of nitrogens with zero attached hydrogens (tertiary/aromatic N) is 2. The first-order valence-corrected chi connectivity index (χ1v) is 12.0. The van der Waals surface area contributed by atoms with E-state index >= 15 is 0 Å². The molecule has 1 N–H and O–H groups in total. The van der Waals surface area contributed by atoms with E-state index in [4.69, 9.17) is 4.74 Å². The van der Waals surface area contributed by atoms with E-state index in [0.29, 0.717) is 29.6 Å². The topological polar surface area (TPSA) is 79.7 Å². The van der Waals surface area contributed by atoms with Crippen LogP contribution in [0.3, 0.4) is 0 Å². The largest absolute Gasteiger partial charge is 0.491 e. The van der Waals surface area contributed by atoms with Crippen molar-refractivity contribution >= 4 is 21.8 Å². The highest BCUT2D eigenvalue weighted by molar-refractivity contribution is 7.99. The minimum atomic E-state index is -3.51. The molecule has 0 radical (unpaired) electrons. The first-order chi connectivity index (χ1) is 13.9. The standard InChI is InChI=1S/C20H25FN2O4S2/c21-16-5-7-18(8-6-16)27-14-17(24)15-28-20-10-9-19(13-22-20)29(25,26)23-11-3-1-2-4-12-23/h5-10,13,17,24H,1-4,11-12,14-15H2. The molecule has 1 saturated heterocycles. The lowest BCUT2D eigenvalue weighted by molar-refractivity contribution is 0.126. The zero-order valence-corrected chi connectivity index (χ0v) is 17.7. The van der Waals surface area contributed by atoms with Gasteiger partial charge in [0.25, 0.3) is 0 Å². The summed E-state index contributed by atoms with van der Waals surface area (Å²) in [6.07, 6.45) is 4.54. The van der Waals surface area contributed by atoms with Crippen LogP contribution in [0.25, 0.3) is 0 Å². The molecule has 29 heavy (non-hydrogen) atoms. The van der Waals surface area contributed by atoms with E-state index in [1.807, 2.05) is 0 Å². The van der Waals surface area contributed by atoms with Crippen LogP contribution in [0, 0.1) is 5.82 Å². The Morgan fingerprint density at radius 1 is 1.10 bits per heavy atom. The number of aromatic nitrogens is 1. The minimum absolute atomic E-state index is 0.0695. The molecule has 2 aromatic rings. The van der Waals surface area contributed by atoms with Gasteiger partial charge in [0, 0.05) is 25.0 Å². The second-order valence-corrected chi connectivity index (χ2v) is 9.86. The van der Waals surface area contributed by atoms with Crippen LogP contribution >= 0.6 is 11.8 Å². The number of benzene rings is 1. The molecule has 1 aromatic heterocycles. The van der Waals surface area contributed by atoms with Crippen LogP contribution in [-0.2, 0) is 10.0 Å². The molecule has 1 unspecified atom stereocenters. The first kappa shape index (κ1) is 22.0. The summed E-state index contributed by atoms with van der Waals surface area (Å²) in [4.78, 5) is 4.42. The lowest BCUT2D eigenvalue weighted by Gasteiger charge is -2.19. The number of thioether (sulfide) groups is 1. The van der Waals surface area contributed by atoms with Crippen LogP contribution in [0.4, 0.5) is 4.39 Å². The number of hydrogen-bond donors (Lipinski definition) is 1. The number of aliphatic hydroxyl groups excluding tert-OH is 1. The summed E-state index contributed by atoms with van der Waals surface area (Å²) >= 11 is 1.31.